The monoisotopic (exact) mass is 356 g/mol. The molecular formula is C15H18BrFN2S. The zero-order chi connectivity index (χ0) is 14.5. The summed E-state index contributed by atoms with van der Waals surface area (Å²) in [6.45, 7) is 1.68. The molecule has 2 rings (SSSR count). The largest absolute Gasteiger partial charge is 0.310 e. The zero-order valence-electron chi connectivity index (χ0n) is 11.6. The highest BCUT2D eigenvalue weighted by molar-refractivity contribution is 9.10. The van der Waals surface area contributed by atoms with E-state index >= 15 is 0 Å². The fourth-order valence-corrected chi connectivity index (χ4v) is 3.48. The Bertz CT molecular complexity index is 539. The van der Waals surface area contributed by atoms with E-state index in [-0.39, 0.29) is 11.9 Å². The third-order valence-corrected chi connectivity index (χ3v) is 4.83. The van der Waals surface area contributed by atoms with E-state index in [2.05, 4.69) is 37.6 Å². The molecule has 2 nitrogen and oxygen atoms in total. The Balaban J connectivity index is 1.94. The minimum absolute atomic E-state index is 0.192. The number of nitrogens with one attached hydrogen (secondary N) is 1. The Labute approximate surface area is 131 Å². The van der Waals surface area contributed by atoms with Crippen LogP contribution in [0.1, 0.15) is 16.5 Å². The molecule has 0 aliphatic rings. The van der Waals surface area contributed by atoms with Crippen LogP contribution in [0.25, 0.3) is 0 Å². The van der Waals surface area contributed by atoms with Crippen molar-refractivity contribution in [2.75, 3.05) is 20.6 Å². The maximum absolute atomic E-state index is 13.0. The number of nitrogens with zero attached hydrogens (tertiary/aromatic N) is 1. The molecule has 1 heterocycles. The Morgan fingerprint density at radius 2 is 2.00 bits per heavy atom. The lowest BCUT2D eigenvalue weighted by molar-refractivity contribution is 0.288. The van der Waals surface area contributed by atoms with Gasteiger partial charge in [0.25, 0.3) is 0 Å². The third kappa shape index (κ3) is 4.38. The van der Waals surface area contributed by atoms with Crippen LogP contribution in [-0.4, -0.2) is 25.5 Å². The third-order valence-electron chi connectivity index (χ3n) is 3.14. The molecule has 2 aromatic rings. The Hall–Kier alpha value is -0.750. The van der Waals surface area contributed by atoms with Crippen LogP contribution in [0.5, 0.6) is 0 Å². The van der Waals surface area contributed by atoms with Gasteiger partial charge >= 0.3 is 0 Å². The van der Waals surface area contributed by atoms with E-state index in [1.165, 1.54) is 17.0 Å². The van der Waals surface area contributed by atoms with Gasteiger partial charge in [0.1, 0.15) is 5.82 Å². The summed E-state index contributed by atoms with van der Waals surface area (Å²) in [7, 11) is 4.08. The molecule has 0 fully saturated rings. The molecule has 0 saturated heterocycles. The molecule has 0 aliphatic heterocycles. The Kier molecular flexibility index (Phi) is 5.72. The van der Waals surface area contributed by atoms with Gasteiger partial charge in [-0.2, -0.15) is 0 Å². The van der Waals surface area contributed by atoms with Crippen LogP contribution in [0.4, 0.5) is 4.39 Å². The molecular weight excluding hydrogens is 339 g/mol. The van der Waals surface area contributed by atoms with Gasteiger partial charge < -0.3 is 10.2 Å². The first kappa shape index (κ1) is 15.6. The van der Waals surface area contributed by atoms with Gasteiger partial charge in [-0.25, -0.2) is 4.39 Å². The van der Waals surface area contributed by atoms with Gasteiger partial charge in [-0.05, 0) is 53.8 Å². The number of halogens is 2. The Morgan fingerprint density at radius 3 is 2.55 bits per heavy atom. The van der Waals surface area contributed by atoms with Crippen molar-refractivity contribution in [3.63, 3.8) is 0 Å². The lowest BCUT2D eigenvalue weighted by Crippen LogP contribution is -2.30. The van der Waals surface area contributed by atoms with Gasteiger partial charge in [0.2, 0.25) is 0 Å². The fourth-order valence-electron chi connectivity index (χ4n) is 2.06. The van der Waals surface area contributed by atoms with E-state index in [9.17, 15) is 4.39 Å². The number of hydrogen-bond acceptors (Lipinski definition) is 3. The molecule has 5 heteroatoms. The molecule has 0 aliphatic carbocycles. The summed E-state index contributed by atoms with van der Waals surface area (Å²) >= 11 is 5.19. The molecule has 1 aromatic heterocycles. The summed E-state index contributed by atoms with van der Waals surface area (Å²) in [4.78, 5) is 3.44. The van der Waals surface area contributed by atoms with E-state index in [1.807, 2.05) is 26.2 Å². The second-order valence-electron chi connectivity index (χ2n) is 4.89. The predicted molar refractivity (Wildman–Crippen MR) is 86.6 cm³/mol. The molecule has 108 valence electrons. The van der Waals surface area contributed by atoms with Crippen LogP contribution >= 0.6 is 27.3 Å². The van der Waals surface area contributed by atoms with Gasteiger partial charge in [0.05, 0.1) is 0 Å². The molecule has 0 amide bonds. The van der Waals surface area contributed by atoms with Gasteiger partial charge in [-0.15, -0.1) is 11.3 Å². The molecule has 0 spiro atoms. The average molecular weight is 357 g/mol. The van der Waals surface area contributed by atoms with Gasteiger partial charge in [-0.3, -0.25) is 0 Å². The molecule has 0 saturated carbocycles. The van der Waals surface area contributed by atoms with Crippen molar-refractivity contribution in [2.45, 2.75) is 12.6 Å². The smallest absolute Gasteiger partial charge is 0.123 e. The molecule has 0 bridgehead atoms. The van der Waals surface area contributed by atoms with Crippen LogP contribution in [0, 0.1) is 5.82 Å². The summed E-state index contributed by atoms with van der Waals surface area (Å²) in [5.41, 5.74) is 1.12. The van der Waals surface area contributed by atoms with E-state index in [4.69, 9.17) is 0 Å². The SMILES string of the molecule is CN(C)C(CNCc1cc(Br)cs1)c1ccc(F)cc1. The standard InChI is InChI=1S/C15H18BrFN2S/c1-19(2)15(11-3-5-13(17)6-4-11)9-18-8-14-7-12(16)10-20-14/h3-7,10,15,18H,8-9H2,1-2H3. The van der Waals surface area contributed by atoms with Crippen molar-refractivity contribution >= 4 is 27.3 Å². The Morgan fingerprint density at radius 1 is 1.30 bits per heavy atom. The van der Waals surface area contributed by atoms with Gasteiger partial charge in [-0.1, -0.05) is 12.1 Å². The van der Waals surface area contributed by atoms with Crippen molar-refractivity contribution in [1.82, 2.24) is 10.2 Å². The lowest BCUT2D eigenvalue weighted by Gasteiger charge is -2.25. The number of hydrogen-bond donors (Lipinski definition) is 1. The van der Waals surface area contributed by atoms with Crippen molar-refractivity contribution in [2.24, 2.45) is 0 Å². The molecule has 1 unspecified atom stereocenters. The van der Waals surface area contributed by atoms with Gasteiger partial charge in [0, 0.05) is 33.9 Å². The summed E-state index contributed by atoms with van der Waals surface area (Å²) in [5, 5.41) is 5.55. The van der Waals surface area contributed by atoms with Crippen LogP contribution in [0.15, 0.2) is 40.2 Å². The molecule has 1 atom stereocenters. The maximum Gasteiger partial charge on any atom is 0.123 e. The summed E-state index contributed by atoms with van der Waals surface area (Å²) in [6.07, 6.45) is 0. The summed E-state index contributed by atoms with van der Waals surface area (Å²) < 4.78 is 14.1. The molecule has 1 N–H and O–H groups in total. The van der Waals surface area contributed by atoms with Crippen molar-refractivity contribution in [3.8, 4) is 0 Å². The second-order valence-corrected chi connectivity index (χ2v) is 6.80. The lowest BCUT2D eigenvalue weighted by atomic mass is 10.1. The van der Waals surface area contributed by atoms with Crippen molar-refractivity contribution in [3.05, 3.63) is 56.4 Å². The number of thiophene rings is 1. The van der Waals surface area contributed by atoms with Crippen LogP contribution in [-0.2, 0) is 6.54 Å². The van der Waals surface area contributed by atoms with E-state index in [1.54, 1.807) is 11.3 Å². The molecule has 20 heavy (non-hydrogen) atoms. The maximum atomic E-state index is 13.0. The van der Waals surface area contributed by atoms with Crippen LogP contribution < -0.4 is 5.32 Å². The van der Waals surface area contributed by atoms with Crippen molar-refractivity contribution < 1.29 is 4.39 Å². The topological polar surface area (TPSA) is 15.3 Å². The highest BCUT2D eigenvalue weighted by Crippen LogP contribution is 2.21. The normalized spacial score (nSPS) is 12.8. The van der Waals surface area contributed by atoms with E-state index in [0.717, 1.165) is 23.1 Å². The average Bonchev–Trinajstić information content (AvgIpc) is 2.81. The van der Waals surface area contributed by atoms with Crippen LogP contribution in [0.3, 0.4) is 0 Å². The highest BCUT2D eigenvalue weighted by atomic mass is 79.9. The number of likely N-dealkylation sites (N-methyl/N-ethyl adjacent to an activating group) is 1. The zero-order valence-corrected chi connectivity index (χ0v) is 14.0. The van der Waals surface area contributed by atoms with E-state index < -0.39 is 0 Å². The fraction of sp³-hybridized carbons (Fsp3) is 0.333. The first-order valence-electron chi connectivity index (χ1n) is 6.42. The van der Waals surface area contributed by atoms with Crippen molar-refractivity contribution in [1.29, 1.82) is 0 Å². The van der Waals surface area contributed by atoms with Gasteiger partial charge in [0.15, 0.2) is 0 Å². The summed E-state index contributed by atoms with van der Waals surface area (Å²) in [5.74, 6) is -0.192. The second kappa shape index (κ2) is 7.31. The minimum Gasteiger partial charge on any atom is -0.310 e. The minimum atomic E-state index is -0.192. The van der Waals surface area contributed by atoms with Crippen LogP contribution in [0.2, 0.25) is 0 Å². The van der Waals surface area contributed by atoms with E-state index in [0.29, 0.717) is 0 Å². The number of rotatable bonds is 6. The molecule has 1 aromatic carbocycles. The molecule has 0 radical (unpaired) electrons. The first-order chi connectivity index (χ1) is 9.56. The first-order valence-corrected chi connectivity index (χ1v) is 8.09. The number of benzene rings is 1. The quantitative estimate of drug-likeness (QED) is 0.839. The predicted octanol–water partition coefficient (Wildman–Crippen LogP) is 4.04. The summed E-state index contributed by atoms with van der Waals surface area (Å²) in [6, 6.07) is 9.09. The highest BCUT2D eigenvalue weighted by Gasteiger charge is 2.13.